The lowest BCUT2D eigenvalue weighted by Gasteiger charge is -2.23. The molecule has 0 spiro atoms. The smallest absolute Gasteiger partial charge is 0.416 e. The van der Waals surface area contributed by atoms with Gasteiger partial charge in [0.2, 0.25) is 34.8 Å². The van der Waals surface area contributed by atoms with Crippen molar-refractivity contribution in [3.63, 3.8) is 0 Å². The highest BCUT2D eigenvalue weighted by Gasteiger charge is 2.36. The summed E-state index contributed by atoms with van der Waals surface area (Å²) < 4.78 is 118. The van der Waals surface area contributed by atoms with Crippen molar-refractivity contribution in [3.05, 3.63) is 87.7 Å². The Balaban J connectivity index is 1.43. The minimum atomic E-state index is -4.62. The van der Waals surface area contributed by atoms with E-state index in [1.54, 1.807) is 12.1 Å². The first kappa shape index (κ1) is 26.1. The van der Waals surface area contributed by atoms with Crippen molar-refractivity contribution in [1.29, 1.82) is 0 Å². The number of rotatable bonds is 5. The molecule has 13 heteroatoms. The number of aryl methyl sites for hydroxylation is 1. The summed E-state index contributed by atoms with van der Waals surface area (Å²) in [6.45, 7) is 0.136. The highest BCUT2D eigenvalue weighted by atomic mass is 32.2. The van der Waals surface area contributed by atoms with Gasteiger partial charge in [-0.05, 0) is 53.8 Å². The Morgan fingerprint density at radius 1 is 0.895 bits per heavy atom. The van der Waals surface area contributed by atoms with Crippen molar-refractivity contribution < 1.29 is 48.8 Å². The van der Waals surface area contributed by atoms with Gasteiger partial charge >= 0.3 is 12.3 Å². The molecule has 1 saturated heterocycles. The van der Waals surface area contributed by atoms with E-state index in [2.05, 4.69) is 0 Å². The van der Waals surface area contributed by atoms with E-state index in [-0.39, 0.29) is 24.8 Å². The third-order valence-corrected chi connectivity index (χ3v) is 7.06. The number of nitrogens with zero attached hydrogens (tertiary/aromatic N) is 1. The molecular weight excluding hydrogens is 546 g/mol. The van der Waals surface area contributed by atoms with E-state index in [1.165, 1.54) is 12.1 Å². The van der Waals surface area contributed by atoms with Crippen LogP contribution in [-0.2, 0) is 17.3 Å². The van der Waals surface area contributed by atoms with E-state index < -0.39 is 52.7 Å². The van der Waals surface area contributed by atoms with Gasteiger partial charge in [0.15, 0.2) is 0 Å². The quantitative estimate of drug-likeness (QED) is 0.140. The number of anilines is 1. The molecule has 3 aromatic rings. The Kier molecular flexibility index (Phi) is 6.66. The van der Waals surface area contributed by atoms with Crippen LogP contribution in [0.3, 0.4) is 0 Å². The fraction of sp³-hybridized carbons (Fsp3) is 0.240. The molecule has 3 aromatic carbocycles. The summed E-state index contributed by atoms with van der Waals surface area (Å²) in [4.78, 5) is 13.6. The summed E-state index contributed by atoms with van der Waals surface area (Å²) in [5, 5.41) is 0. The molecule has 1 aliphatic carbocycles. The Morgan fingerprint density at radius 2 is 1.55 bits per heavy atom. The normalized spacial score (nSPS) is 17.1. The van der Waals surface area contributed by atoms with Crippen LogP contribution in [0.5, 0.6) is 5.75 Å². The number of hydrogen-bond acceptors (Lipinski definition) is 4. The first-order chi connectivity index (χ1) is 18.0. The molecule has 0 radical (unpaired) electrons. The van der Waals surface area contributed by atoms with Crippen LogP contribution in [0.4, 0.5) is 45.6 Å². The zero-order valence-corrected chi connectivity index (χ0v) is 19.8. The topological polar surface area (TPSA) is 38.8 Å². The van der Waals surface area contributed by atoms with Gasteiger partial charge in [-0.25, -0.2) is 18.0 Å². The van der Waals surface area contributed by atoms with Gasteiger partial charge in [-0.1, -0.05) is 12.1 Å². The second kappa shape index (κ2) is 9.68. The molecule has 0 aromatic heterocycles. The van der Waals surface area contributed by atoms with Gasteiger partial charge in [0.05, 0.1) is 29.8 Å². The van der Waals surface area contributed by atoms with Crippen LogP contribution in [0.15, 0.2) is 41.3 Å². The second-order valence-electron chi connectivity index (χ2n) is 8.55. The Labute approximate surface area is 214 Å². The number of amides is 1. The molecule has 1 atom stereocenters. The summed E-state index contributed by atoms with van der Waals surface area (Å²) in [6.07, 6.45) is -4.41. The number of carbonyl (C=O) groups is 1. The summed E-state index contributed by atoms with van der Waals surface area (Å²) in [7, 11) is 0. The predicted molar refractivity (Wildman–Crippen MR) is 119 cm³/mol. The molecule has 1 aliphatic heterocycles. The Hall–Kier alpha value is -3.48. The van der Waals surface area contributed by atoms with Crippen molar-refractivity contribution >= 4 is 23.8 Å². The number of ether oxygens (including phenoxy) is 1. The van der Waals surface area contributed by atoms with E-state index >= 15 is 0 Å². The van der Waals surface area contributed by atoms with Gasteiger partial charge in [0, 0.05) is 10.8 Å². The lowest BCUT2D eigenvalue weighted by Crippen LogP contribution is -2.25. The number of cyclic esters (lactones) is 1. The summed E-state index contributed by atoms with van der Waals surface area (Å²) in [6, 6.07) is 7.92. The van der Waals surface area contributed by atoms with Crippen LogP contribution < -0.4 is 9.08 Å². The van der Waals surface area contributed by atoms with Gasteiger partial charge in [-0.15, -0.1) is 0 Å². The number of benzene rings is 3. The molecule has 1 amide bonds. The highest BCUT2D eigenvalue weighted by molar-refractivity contribution is 7.95. The Morgan fingerprint density at radius 3 is 2.18 bits per heavy atom. The number of halogens is 8. The molecular formula is C25H15F8NO3S. The average molecular weight is 561 g/mol. The minimum absolute atomic E-state index is 0.0411. The molecule has 1 heterocycles. The Bertz CT molecular complexity index is 1420. The number of alkyl halides is 3. The average Bonchev–Trinajstić information content (AvgIpc) is 3.51. The molecule has 0 N–H and O–H groups in total. The maximum atomic E-state index is 13.9. The molecule has 1 fully saturated rings. The number of hydrogen-bond donors (Lipinski definition) is 0. The van der Waals surface area contributed by atoms with Crippen molar-refractivity contribution in [3.8, 4) is 5.75 Å². The van der Waals surface area contributed by atoms with Gasteiger partial charge in [-0.2, -0.15) is 22.0 Å². The summed E-state index contributed by atoms with van der Waals surface area (Å²) in [5.74, 6) is -12.6. The first-order valence-electron chi connectivity index (χ1n) is 11.1. The van der Waals surface area contributed by atoms with E-state index in [0.29, 0.717) is 35.3 Å². The predicted octanol–water partition coefficient (Wildman–Crippen LogP) is 7.52. The van der Waals surface area contributed by atoms with Gasteiger partial charge in [0.1, 0.15) is 6.61 Å². The largest absolute Gasteiger partial charge is 0.447 e. The fourth-order valence-corrected chi connectivity index (χ4v) is 5.22. The van der Waals surface area contributed by atoms with Crippen LogP contribution in [0.1, 0.15) is 34.6 Å². The van der Waals surface area contributed by atoms with E-state index in [1.807, 2.05) is 0 Å². The van der Waals surface area contributed by atoms with Crippen LogP contribution >= 0.6 is 12.0 Å². The molecule has 5 rings (SSSR count). The summed E-state index contributed by atoms with van der Waals surface area (Å²) in [5.41, 5.74) is 1.17. The third kappa shape index (κ3) is 4.52. The monoisotopic (exact) mass is 561 g/mol. The molecule has 38 heavy (non-hydrogen) atoms. The number of carbonyl (C=O) groups excluding carboxylic acids is 1. The van der Waals surface area contributed by atoms with Crippen LogP contribution in [-0.4, -0.2) is 19.2 Å². The molecule has 0 saturated carbocycles. The maximum absolute atomic E-state index is 13.9. The highest BCUT2D eigenvalue weighted by Crippen LogP contribution is 2.45. The number of fused-ring (bicyclic) bond motifs is 1. The molecule has 0 bridgehead atoms. The van der Waals surface area contributed by atoms with Gasteiger partial charge in [0.25, 0.3) is 0 Å². The molecule has 4 nitrogen and oxygen atoms in total. The SMILES string of the molecule is O=C1OCCN1c1cc(C(F)(F)F)ccc1C1CCc2cc(SOc3c(F)c(F)c(F)c(F)c3F)ccc21. The summed E-state index contributed by atoms with van der Waals surface area (Å²) >= 11 is 0.387. The van der Waals surface area contributed by atoms with Crippen LogP contribution in [0, 0.1) is 29.1 Å². The fourth-order valence-electron chi connectivity index (χ4n) is 4.58. The van der Waals surface area contributed by atoms with Crippen molar-refractivity contribution in [2.45, 2.75) is 29.8 Å². The zero-order chi connectivity index (χ0) is 27.4. The van der Waals surface area contributed by atoms with Crippen molar-refractivity contribution in [1.82, 2.24) is 0 Å². The lowest BCUT2D eigenvalue weighted by atomic mass is 9.90. The molecule has 2 aliphatic rings. The van der Waals surface area contributed by atoms with Gasteiger partial charge < -0.3 is 8.92 Å². The van der Waals surface area contributed by atoms with E-state index in [9.17, 15) is 39.9 Å². The first-order valence-corrected chi connectivity index (χ1v) is 11.9. The van der Waals surface area contributed by atoms with Crippen molar-refractivity contribution in [2.75, 3.05) is 18.1 Å². The maximum Gasteiger partial charge on any atom is 0.416 e. The lowest BCUT2D eigenvalue weighted by molar-refractivity contribution is -0.137. The van der Waals surface area contributed by atoms with Crippen molar-refractivity contribution in [2.24, 2.45) is 0 Å². The third-order valence-electron chi connectivity index (χ3n) is 6.37. The van der Waals surface area contributed by atoms with Gasteiger partial charge in [-0.3, -0.25) is 4.90 Å². The molecule has 200 valence electrons. The standard InChI is InChI=1S/C25H15F8NO3S/c26-18-19(27)21(29)23(22(30)20(18)28)37-38-13-3-6-14-11(9-13)1-4-15(14)16-5-2-12(25(31,32)33)10-17(16)34-7-8-36-24(34)35/h2-3,5-6,9-10,15H,1,4,7-8H2. The minimum Gasteiger partial charge on any atom is -0.447 e. The zero-order valence-electron chi connectivity index (χ0n) is 19.0. The molecule has 1 unspecified atom stereocenters. The van der Waals surface area contributed by atoms with E-state index in [4.69, 9.17) is 8.92 Å². The second-order valence-corrected chi connectivity index (χ2v) is 9.36. The van der Waals surface area contributed by atoms with Crippen LogP contribution in [0.2, 0.25) is 0 Å². The van der Waals surface area contributed by atoms with Crippen LogP contribution in [0.25, 0.3) is 0 Å². The van der Waals surface area contributed by atoms with E-state index in [0.717, 1.165) is 28.2 Å².